The molecule has 0 saturated heterocycles. The van der Waals surface area contributed by atoms with E-state index < -0.39 is 23.8 Å². The molecule has 0 rings (SSSR count). The van der Waals surface area contributed by atoms with Crippen LogP contribution in [0, 0.1) is 0 Å². The summed E-state index contributed by atoms with van der Waals surface area (Å²) in [6.07, 6.45) is -1.48. The zero-order chi connectivity index (χ0) is 15.6. The predicted molar refractivity (Wildman–Crippen MR) is 69.5 cm³/mol. The molecule has 0 aliphatic heterocycles. The first-order valence-electron chi connectivity index (χ1n) is 6.23. The summed E-state index contributed by atoms with van der Waals surface area (Å²) >= 11 is 0. The van der Waals surface area contributed by atoms with Crippen molar-refractivity contribution in [2.75, 3.05) is 33.0 Å². The van der Waals surface area contributed by atoms with Gasteiger partial charge in [-0.25, -0.2) is 9.59 Å². The lowest BCUT2D eigenvalue weighted by Gasteiger charge is -2.20. The van der Waals surface area contributed by atoms with Gasteiger partial charge in [0, 0.05) is 6.54 Å². The maximum atomic E-state index is 11.3. The van der Waals surface area contributed by atoms with Gasteiger partial charge in [-0.1, -0.05) is 0 Å². The maximum absolute atomic E-state index is 11.3. The van der Waals surface area contributed by atoms with E-state index in [0.717, 1.165) is 0 Å². The van der Waals surface area contributed by atoms with E-state index in [0.29, 0.717) is 0 Å². The number of carboxylic acid groups (broad SMARTS) is 1. The second-order valence-corrected chi connectivity index (χ2v) is 5.06. The van der Waals surface area contributed by atoms with Crippen LogP contribution in [-0.4, -0.2) is 67.0 Å². The fourth-order valence-corrected chi connectivity index (χ4v) is 1.07. The Morgan fingerprint density at radius 2 is 1.80 bits per heavy atom. The average molecular weight is 293 g/mol. The Kier molecular flexibility index (Phi) is 8.86. The molecule has 20 heavy (non-hydrogen) atoms. The zero-order valence-corrected chi connectivity index (χ0v) is 12.0. The van der Waals surface area contributed by atoms with Crippen LogP contribution in [0.2, 0.25) is 0 Å². The van der Waals surface area contributed by atoms with Gasteiger partial charge >= 0.3 is 12.1 Å². The Labute approximate surface area is 118 Å². The van der Waals surface area contributed by atoms with E-state index in [1.54, 1.807) is 20.8 Å². The van der Waals surface area contributed by atoms with Crippen LogP contribution in [0.5, 0.6) is 0 Å². The van der Waals surface area contributed by atoms with Crippen molar-refractivity contribution in [2.24, 2.45) is 0 Å². The molecule has 3 N–H and O–H groups in total. The lowest BCUT2D eigenvalue weighted by atomic mass is 10.2. The van der Waals surface area contributed by atoms with Crippen molar-refractivity contribution in [3.63, 3.8) is 0 Å². The minimum Gasteiger partial charge on any atom is -0.480 e. The number of carbonyl (C=O) groups excluding carboxylic acids is 1. The van der Waals surface area contributed by atoms with Gasteiger partial charge in [-0.15, -0.1) is 0 Å². The highest BCUT2D eigenvalue weighted by molar-refractivity contribution is 5.68. The molecule has 0 aromatic heterocycles. The predicted octanol–water partition coefficient (Wildman–Crippen LogP) is -0.0102. The Morgan fingerprint density at radius 1 is 1.20 bits per heavy atom. The third-order valence-electron chi connectivity index (χ3n) is 1.79. The highest BCUT2D eigenvalue weighted by atomic mass is 16.6. The van der Waals surface area contributed by atoms with E-state index in [4.69, 9.17) is 19.3 Å². The summed E-state index contributed by atoms with van der Waals surface area (Å²) < 4.78 is 14.8. The number of aliphatic hydroxyl groups excluding tert-OH is 1. The monoisotopic (exact) mass is 293 g/mol. The fraction of sp³-hybridized carbons (Fsp3) is 0.833. The number of aliphatic carboxylic acids is 1. The number of alkyl carbamates (subject to hydrolysis) is 1. The second kappa shape index (κ2) is 9.51. The van der Waals surface area contributed by atoms with Crippen molar-refractivity contribution in [1.29, 1.82) is 0 Å². The van der Waals surface area contributed by atoms with E-state index in [9.17, 15) is 14.7 Å². The van der Waals surface area contributed by atoms with E-state index in [-0.39, 0.29) is 33.0 Å². The summed E-state index contributed by atoms with van der Waals surface area (Å²) in [6, 6.07) is 0. The number of carbonyl (C=O) groups is 2. The third kappa shape index (κ3) is 13.1. The van der Waals surface area contributed by atoms with E-state index in [1.165, 1.54) is 0 Å². The summed E-state index contributed by atoms with van der Waals surface area (Å²) in [7, 11) is 0. The highest BCUT2D eigenvalue weighted by Gasteiger charge is 2.16. The molecule has 0 aliphatic rings. The number of hydrogen-bond donors (Lipinski definition) is 3. The maximum Gasteiger partial charge on any atom is 0.407 e. The molecule has 118 valence electrons. The minimum absolute atomic E-state index is 0.00486. The van der Waals surface area contributed by atoms with Crippen molar-refractivity contribution in [3.8, 4) is 0 Å². The van der Waals surface area contributed by atoms with Crippen LogP contribution >= 0.6 is 0 Å². The topological polar surface area (TPSA) is 114 Å². The van der Waals surface area contributed by atoms with Crippen LogP contribution in [0.3, 0.4) is 0 Å². The molecule has 0 heterocycles. The molecule has 0 spiro atoms. The Hall–Kier alpha value is -1.38. The molecule has 8 heteroatoms. The van der Waals surface area contributed by atoms with E-state index in [1.807, 2.05) is 0 Å². The third-order valence-corrected chi connectivity index (χ3v) is 1.79. The van der Waals surface area contributed by atoms with Gasteiger partial charge in [0.1, 0.15) is 12.2 Å². The molecular formula is C12H23NO7. The van der Waals surface area contributed by atoms with Crippen LogP contribution in [0.4, 0.5) is 4.79 Å². The molecule has 0 radical (unpaired) electrons. The van der Waals surface area contributed by atoms with Crippen LogP contribution in [-0.2, 0) is 19.0 Å². The molecule has 0 saturated carbocycles. The quantitative estimate of drug-likeness (QED) is 0.512. The van der Waals surface area contributed by atoms with Crippen molar-refractivity contribution in [2.45, 2.75) is 32.5 Å². The average Bonchev–Trinajstić information content (AvgIpc) is 2.28. The lowest BCUT2D eigenvalue weighted by Crippen LogP contribution is -2.38. The molecule has 0 bridgehead atoms. The van der Waals surface area contributed by atoms with Gasteiger partial charge in [0.25, 0.3) is 0 Å². The standard InChI is InChI=1S/C12H23NO7/c1-12(2,3)20-11(17)13-6-9(14)7-18-4-5-19-8-10(15)16/h9,14H,4-8H2,1-3H3,(H,13,17)(H,15,16). The van der Waals surface area contributed by atoms with Crippen LogP contribution in [0.1, 0.15) is 20.8 Å². The Balaban J connectivity index is 3.52. The van der Waals surface area contributed by atoms with Crippen LogP contribution in [0.25, 0.3) is 0 Å². The molecule has 1 atom stereocenters. The Bertz CT molecular complexity index is 301. The number of aliphatic hydroxyl groups is 1. The first-order chi connectivity index (χ1) is 9.20. The van der Waals surface area contributed by atoms with Crippen molar-refractivity contribution in [3.05, 3.63) is 0 Å². The van der Waals surface area contributed by atoms with Crippen molar-refractivity contribution in [1.82, 2.24) is 5.32 Å². The molecule has 0 aromatic carbocycles. The van der Waals surface area contributed by atoms with E-state index in [2.05, 4.69) is 5.32 Å². The van der Waals surface area contributed by atoms with Crippen molar-refractivity contribution < 1.29 is 34.0 Å². The normalized spacial score (nSPS) is 12.8. The van der Waals surface area contributed by atoms with Gasteiger partial charge in [0.2, 0.25) is 0 Å². The van der Waals surface area contributed by atoms with Crippen molar-refractivity contribution >= 4 is 12.1 Å². The van der Waals surface area contributed by atoms with Gasteiger partial charge in [-0.3, -0.25) is 0 Å². The number of amides is 1. The highest BCUT2D eigenvalue weighted by Crippen LogP contribution is 2.06. The number of rotatable bonds is 9. The SMILES string of the molecule is CC(C)(C)OC(=O)NCC(O)COCCOCC(=O)O. The fourth-order valence-electron chi connectivity index (χ4n) is 1.07. The summed E-state index contributed by atoms with van der Waals surface area (Å²) in [5.41, 5.74) is -0.590. The summed E-state index contributed by atoms with van der Waals surface area (Å²) in [4.78, 5) is 21.4. The second-order valence-electron chi connectivity index (χ2n) is 5.06. The molecule has 0 aromatic rings. The van der Waals surface area contributed by atoms with Gasteiger partial charge < -0.3 is 29.7 Å². The largest absolute Gasteiger partial charge is 0.480 e. The first kappa shape index (κ1) is 18.6. The van der Waals surface area contributed by atoms with Crippen LogP contribution in [0.15, 0.2) is 0 Å². The minimum atomic E-state index is -1.05. The van der Waals surface area contributed by atoms with Gasteiger partial charge in [-0.2, -0.15) is 0 Å². The number of hydrogen-bond acceptors (Lipinski definition) is 6. The number of carboxylic acids is 1. The molecule has 8 nitrogen and oxygen atoms in total. The molecule has 1 amide bonds. The smallest absolute Gasteiger partial charge is 0.407 e. The summed E-state index contributed by atoms with van der Waals surface area (Å²) in [5, 5.41) is 20.2. The zero-order valence-electron chi connectivity index (χ0n) is 12.0. The number of ether oxygens (including phenoxy) is 3. The van der Waals surface area contributed by atoms with Gasteiger partial charge in [0.15, 0.2) is 0 Å². The van der Waals surface area contributed by atoms with Gasteiger partial charge in [-0.05, 0) is 20.8 Å². The number of nitrogens with one attached hydrogen (secondary N) is 1. The van der Waals surface area contributed by atoms with Crippen LogP contribution < -0.4 is 5.32 Å². The summed E-state index contributed by atoms with van der Waals surface area (Å²) in [6.45, 7) is 5.13. The molecule has 0 fully saturated rings. The van der Waals surface area contributed by atoms with E-state index >= 15 is 0 Å². The summed E-state index contributed by atoms with van der Waals surface area (Å²) in [5.74, 6) is -1.05. The first-order valence-corrected chi connectivity index (χ1v) is 6.23. The van der Waals surface area contributed by atoms with Gasteiger partial charge in [0.05, 0.1) is 25.9 Å². The lowest BCUT2D eigenvalue weighted by molar-refractivity contribution is -0.142. The molecular weight excluding hydrogens is 270 g/mol. The molecule has 0 aliphatic carbocycles. The Morgan fingerprint density at radius 3 is 2.35 bits per heavy atom. The molecule has 1 unspecified atom stereocenters.